The zero-order valence-electron chi connectivity index (χ0n) is 15.3. The van der Waals surface area contributed by atoms with Crippen molar-refractivity contribution in [3.8, 4) is 11.4 Å². The van der Waals surface area contributed by atoms with Crippen LogP contribution in [-0.2, 0) is 4.79 Å². The first-order valence-electron chi connectivity index (χ1n) is 8.56. The van der Waals surface area contributed by atoms with Gasteiger partial charge in [-0.15, -0.1) is 10.2 Å². The van der Waals surface area contributed by atoms with Gasteiger partial charge >= 0.3 is 0 Å². The first kappa shape index (κ1) is 19.3. The number of thioether (sulfide) groups is 1. The summed E-state index contributed by atoms with van der Waals surface area (Å²) >= 11 is 1.29. The summed E-state index contributed by atoms with van der Waals surface area (Å²) in [5.74, 6) is 7.58. The van der Waals surface area contributed by atoms with Gasteiger partial charge in [0.2, 0.25) is 11.1 Å². The maximum Gasteiger partial charge on any atom is 0.230 e. The molecule has 0 fully saturated rings. The molecule has 1 heterocycles. The van der Waals surface area contributed by atoms with Gasteiger partial charge in [0.1, 0.15) is 0 Å². The molecule has 7 heteroatoms. The normalized spacial score (nSPS) is 12.4. The zero-order chi connectivity index (χ0) is 18.4. The first-order chi connectivity index (χ1) is 11.9. The number of aromatic nitrogens is 3. The van der Waals surface area contributed by atoms with E-state index in [9.17, 15) is 4.79 Å². The van der Waals surface area contributed by atoms with E-state index in [1.165, 1.54) is 22.0 Å². The second kappa shape index (κ2) is 8.89. The molecule has 1 amide bonds. The third-order valence-electron chi connectivity index (χ3n) is 3.89. The van der Waals surface area contributed by atoms with Crippen LogP contribution in [0.4, 0.5) is 0 Å². The summed E-state index contributed by atoms with van der Waals surface area (Å²) in [6.07, 6.45) is 2.09. The van der Waals surface area contributed by atoms with E-state index < -0.39 is 0 Å². The van der Waals surface area contributed by atoms with E-state index in [2.05, 4.69) is 29.4 Å². The van der Waals surface area contributed by atoms with Crippen LogP contribution in [0.25, 0.3) is 11.4 Å². The Morgan fingerprint density at radius 3 is 2.52 bits per heavy atom. The fourth-order valence-electron chi connectivity index (χ4n) is 2.38. The van der Waals surface area contributed by atoms with Crippen molar-refractivity contribution in [3.05, 3.63) is 29.8 Å². The molecule has 0 aliphatic carbocycles. The van der Waals surface area contributed by atoms with Crippen LogP contribution >= 0.6 is 11.8 Å². The van der Waals surface area contributed by atoms with E-state index in [0.29, 0.717) is 16.9 Å². The number of nitrogens with one attached hydrogen (secondary N) is 1. The summed E-state index contributed by atoms with van der Waals surface area (Å²) in [5.41, 5.74) is 2.07. The van der Waals surface area contributed by atoms with Crippen LogP contribution in [0.3, 0.4) is 0 Å². The second-order valence-corrected chi connectivity index (χ2v) is 7.71. The summed E-state index contributed by atoms with van der Waals surface area (Å²) < 4.78 is 1.44. The molecule has 1 atom stereocenters. The Kier molecular flexibility index (Phi) is 6.87. The molecular formula is C18H27N5OS. The van der Waals surface area contributed by atoms with Gasteiger partial charge in [-0.1, -0.05) is 55.4 Å². The smallest absolute Gasteiger partial charge is 0.230 e. The van der Waals surface area contributed by atoms with Crippen LogP contribution in [0.2, 0.25) is 0 Å². The number of carbonyl (C=O) groups excluding carboxylic acids is 1. The number of carbonyl (C=O) groups is 1. The highest BCUT2D eigenvalue weighted by molar-refractivity contribution is 7.99. The predicted octanol–water partition coefficient (Wildman–Crippen LogP) is 3.00. The lowest BCUT2D eigenvalue weighted by atomic mass is 10.0. The number of hydrogen-bond acceptors (Lipinski definition) is 5. The number of nitrogen functional groups attached to an aromatic ring is 1. The molecule has 2 rings (SSSR count). The van der Waals surface area contributed by atoms with Gasteiger partial charge in [0, 0.05) is 11.6 Å². The van der Waals surface area contributed by atoms with Crippen molar-refractivity contribution < 1.29 is 4.79 Å². The van der Waals surface area contributed by atoms with Crippen molar-refractivity contribution in [3.63, 3.8) is 0 Å². The summed E-state index contributed by atoms with van der Waals surface area (Å²) in [5, 5.41) is 11.8. The van der Waals surface area contributed by atoms with Gasteiger partial charge in [0.15, 0.2) is 5.82 Å². The lowest BCUT2D eigenvalue weighted by Crippen LogP contribution is -2.34. The molecule has 6 nitrogen and oxygen atoms in total. The number of nitrogens with zero attached hydrogens (tertiary/aromatic N) is 3. The molecule has 0 radical (unpaired) electrons. The minimum Gasteiger partial charge on any atom is -0.353 e. The van der Waals surface area contributed by atoms with Gasteiger partial charge in [0.05, 0.1) is 5.75 Å². The second-order valence-electron chi connectivity index (χ2n) is 6.77. The van der Waals surface area contributed by atoms with Crippen LogP contribution in [0.15, 0.2) is 29.4 Å². The van der Waals surface area contributed by atoms with E-state index in [1.54, 1.807) is 0 Å². The largest absolute Gasteiger partial charge is 0.353 e. The third kappa shape index (κ3) is 5.77. The predicted molar refractivity (Wildman–Crippen MR) is 103 cm³/mol. The monoisotopic (exact) mass is 361 g/mol. The molecule has 0 saturated carbocycles. The van der Waals surface area contributed by atoms with Gasteiger partial charge in [-0.2, -0.15) is 0 Å². The van der Waals surface area contributed by atoms with Gasteiger partial charge in [0.25, 0.3) is 0 Å². The molecule has 0 bridgehead atoms. The molecular weight excluding hydrogens is 334 g/mol. The highest BCUT2D eigenvalue weighted by atomic mass is 32.2. The molecule has 1 aromatic heterocycles. The quantitative estimate of drug-likeness (QED) is 0.558. The van der Waals surface area contributed by atoms with Crippen molar-refractivity contribution in [2.75, 3.05) is 11.6 Å². The Morgan fingerprint density at radius 1 is 1.20 bits per heavy atom. The zero-order valence-corrected chi connectivity index (χ0v) is 16.1. The molecule has 1 aromatic carbocycles. The maximum atomic E-state index is 12.1. The SMILES string of the molecule is Cc1ccc(-c2nnc(SCC(=O)N[C@H](C)CCC(C)C)n2N)cc1. The fourth-order valence-corrected chi connectivity index (χ4v) is 3.04. The molecule has 0 aliphatic rings. The Balaban J connectivity index is 1.89. The van der Waals surface area contributed by atoms with E-state index in [-0.39, 0.29) is 17.7 Å². The number of aryl methyl sites for hydroxylation is 1. The molecule has 2 aromatic rings. The van der Waals surface area contributed by atoms with Crippen molar-refractivity contribution in [2.24, 2.45) is 5.92 Å². The van der Waals surface area contributed by atoms with Crippen LogP contribution in [-0.4, -0.2) is 32.6 Å². The van der Waals surface area contributed by atoms with Crippen LogP contribution < -0.4 is 11.2 Å². The third-order valence-corrected chi connectivity index (χ3v) is 4.83. The highest BCUT2D eigenvalue weighted by Crippen LogP contribution is 2.21. The number of nitrogens with two attached hydrogens (primary N) is 1. The lowest BCUT2D eigenvalue weighted by Gasteiger charge is -2.14. The van der Waals surface area contributed by atoms with E-state index in [4.69, 9.17) is 5.84 Å². The summed E-state index contributed by atoms with van der Waals surface area (Å²) in [4.78, 5) is 12.1. The standard InChI is InChI=1S/C18H27N5OS/c1-12(2)5-8-14(4)20-16(24)11-25-18-22-21-17(23(18)19)15-9-6-13(3)7-10-15/h6-7,9-10,12,14H,5,8,11,19H2,1-4H3,(H,20,24)/t14-/m1/s1. The maximum absolute atomic E-state index is 12.1. The summed E-state index contributed by atoms with van der Waals surface area (Å²) in [6.45, 7) is 8.43. The van der Waals surface area contributed by atoms with Crippen LogP contribution in [0.1, 0.15) is 39.2 Å². The molecule has 0 aliphatic heterocycles. The van der Waals surface area contributed by atoms with Crippen molar-refractivity contribution in [2.45, 2.75) is 51.7 Å². The molecule has 0 spiro atoms. The Hall–Kier alpha value is -2.02. The van der Waals surface area contributed by atoms with Gasteiger partial charge in [-0.3, -0.25) is 4.79 Å². The van der Waals surface area contributed by atoms with E-state index in [1.807, 2.05) is 38.1 Å². The Bertz CT molecular complexity index is 696. The molecule has 25 heavy (non-hydrogen) atoms. The summed E-state index contributed by atoms with van der Waals surface area (Å²) in [7, 11) is 0. The van der Waals surface area contributed by atoms with Gasteiger partial charge in [-0.25, -0.2) is 4.68 Å². The van der Waals surface area contributed by atoms with Gasteiger partial charge in [-0.05, 0) is 32.6 Å². The average molecular weight is 362 g/mol. The topological polar surface area (TPSA) is 85.8 Å². The summed E-state index contributed by atoms with van der Waals surface area (Å²) in [6, 6.07) is 8.10. The van der Waals surface area contributed by atoms with Crippen molar-refractivity contribution in [1.29, 1.82) is 0 Å². The molecule has 0 unspecified atom stereocenters. The van der Waals surface area contributed by atoms with Gasteiger partial charge < -0.3 is 11.2 Å². The Labute approximate surface area is 153 Å². The highest BCUT2D eigenvalue weighted by Gasteiger charge is 2.14. The Morgan fingerprint density at radius 2 is 1.88 bits per heavy atom. The number of benzene rings is 1. The van der Waals surface area contributed by atoms with Crippen molar-refractivity contribution >= 4 is 17.7 Å². The first-order valence-corrected chi connectivity index (χ1v) is 9.55. The number of rotatable bonds is 8. The average Bonchev–Trinajstić information content (AvgIpc) is 2.92. The number of amides is 1. The van der Waals surface area contributed by atoms with Crippen LogP contribution in [0.5, 0.6) is 0 Å². The molecule has 136 valence electrons. The minimum absolute atomic E-state index is 0.0128. The molecule has 3 N–H and O–H groups in total. The van der Waals surface area contributed by atoms with E-state index >= 15 is 0 Å². The minimum atomic E-state index is -0.0128. The number of hydrogen-bond donors (Lipinski definition) is 2. The van der Waals surface area contributed by atoms with Crippen LogP contribution in [0, 0.1) is 12.8 Å². The van der Waals surface area contributed by atoms with E-state index in [0.717, 1.165) is 18.4 Å². The molecule has 0 saturated heterocycles. The fraction of sp³-hybridized carbons (Fsp3) is 0.500. The van der Waals surface area contributed by atoms with Crippen molar-refractivity contribution in [1.82, 2.24) is 20.2 Å². The lowest BCUT2D eigenvalue weighted by molar-refractivity contribution is -0.119.